The van der Waals surface area contributed by atoms with E-state index in [-0.39, 0.29) is 29.2 Å². The third kappa shape index (κ3) is 4.29. The van der Waals surface area contributed by atoms with Gasteiger partial charge in [0.2, 0.25) is 11.1 Å². The number of H-pyrrole nitrogens is 1. The second-order valence-electron chi connectivity index (χ2n) is 5.16. The summed E-state index contributed by atoms with van der Waals surface area (Å²) in [7, 11) is -2.99. The standard InChI is InChI=1S/C13H15N5O3S2/c19-11(15-10-3-6-23(20,21)8-10)7-22-13-16-12(17-18-13)9-1-4-14-5-2-9/h1-2,4-5,10H,3,6-8H2,(H,15,19)(H,16,17,18)/t10-/m0/s1. The van der Waals surface area contributed by atoms with Gasteiger partial charge in [-0.2, -0.15) is 0 Å². The van der Waals surface area contributed by atoms with Crippen LogP contribution in [0.1, 0.15) is 6.42 Å². The minimum Gasteiger partial charge on any atom is -0.352 e. The maximum atomic E-state index is 11.9. The van der Waals surface area contributed by atoms with Gasteiger partial charge in [0.1, 0.15) is 0 Å². The summed E-state index contributed by atoms with van der Waals surface area (Å²) in [5, 5.41) is 10.1. The van der Waals surface area contributed by atoms with Crippen molar-refractivity contribution >= 4 is 27.5 Å². The SMILES string of the molecule is O=C(CSc1n[nH]c(-c2ccncc2)n1)N[C@H]1CCS(=O)(=O)C1. The number of aromatic amines is 1. The van der Waals surface area contributed by atoms with Crippen molar-refractivity contribution in [1.82, 2.24) is 25.5 Å². The molecule has 2 N–H and O–H groups in total. The zero-order valence-electron chi connectivity index (χ0n) is 12.1. The van der Waals surface area contributed by atoms with Crippen LogP contribution in [-0.4, -0.2) is 57.8 Å². The van der Waals surface area contributed by atoms with E-state index in [1.165, 1.54) is 11.8 Å². The Morgan fingerprint density at radius 1 is 1.39 bits per heavy atom. The molecule has 1 amide bonds. The normalized spacial score (nSPS) is 19.6. The van der Waals surface area contributed by atoms with Crippen molar-refractivity contribution < 1.29 is 13.2 Å². The molecule has 1 aliphatic heterocycles. The summed E-state index contributed by atoms with van der Waals surface area (Å²) in [6.07, 6.45) is 3.80. The van der Waals surface area contributed by atoms with Gasteiger partial charge >= 0.3 is 0 Å². The summed E-state index contributed by atoms with van der Waals surface area (Å²) in [6, 6.07) is 3.33. The van der Waals surface area contributed by atoms with Crippen LogP contribution in [0.3, 0.4) is 0 Å². The van der Waals surface area contributed by atoms with E-state index in [2.05, 4.69) is 25.5 Å². The molecule has 1 saturated heterocycles. The van der Waals surface area contributed by atoms with Gasteiger partial charge in [0.05, 0.1) is 17.3 Å². The molecule has 8 nitrogen and oxygen atoms in total. The van der Waals surface area contributed by atoms with Crippen molar-refractivity contribution in [3.63, 3.8) is 0 Å². The smallest absolute Gasteiger partial charge is 0.230 e. The Bertz CT molecular complexity index is 791. The number of hydrogen-bond acceptors (Lipinski definition) is 7. The average molecular weight is 353 g/mol. The van der Waals surface area contributed by atoms with Crippen LogP contribution in [0.15, 0.2) is 29.7 Å². The molecule has 1 fully saturated rings. The van der Waals surface area contributed by atoms with Gasteiger partial charge in [-0.15, -0.1) is 5.10 Å². The second kappa shape index (κ2) is 6.67. The number of thioether (sulfide) groups is 1. The lowest BCUT2D eigenvalue weighted by atomic mass is 10.3. The van der Waals surface area contributed by atoms with E-state index >= 15 is 0 Å². The molecule has 0 aromatic carbocycles. The Balaban J connectivity index is 1.51. The third-order valence-electron chi connectivity index (χ3n) is 3.35. The topological polar surface area (TPSA) is 118 Å². The second-order valence-corrected chi connectivity index (χ2v) is 8.33. The summed E-state index contributed by atoms with van der Waals surface area (Å²) in [4.78, 5) is 20.1. The Hall–Kier alpha value is -1.94. The predicted molar refractivity (Wildman–Crippen MR) is 85.5 cm³/mol. The van der Waals surface area contributed by atoms with E-state index in [0.29, 0.717) is 17.4 Å². The lowest BCUT2D eigenvalue weighted by molar-refractivity contribution is -0.119. The summed E-state index contributed by atoms with van der Waals surface area (Å²) < 4.78 is 22.7. The number of carbonyl (C=O) groups excluding carboxylic acids is 1. The zero-order valence-corrected chi connectivity index (χ0v) is 13.7. The van der Waals surface area contributed by atoms with Gasteiger partial charge in [0.25, 0.3) is 0 Å². The van der Waals surface area contributed by atoms with Crippen LogP contribution in [0.25, 0.3) is 11.4 Å². The highest BCUT2D eigenvalue weighted by Crippen LogP contribution is 2.18. The molecule has 0 bridgehead atoms. The van der Waals surface area contributed by atoms with Gasteiger partial charge in [-0.3, -0.25) is 14.9 Å². The number of aromatic nitrogens is 4. The number of nitrogens with one attached hydrogen (secondary N) is 2. The molecule has 2 aromatic rings. The van der Waals surface area contributed by atoms with E-state index < -0.39 is 9.84 Å². The number of nitrogens with zero attached hydrogens (tertiary/aromatic N) is 3. The first-order valence-electron chi connectivity index (χ1n) is 6.97. The van der Waals surface area contributed by atoms with E-state index in [1.54, 1.807) is 12.4 Å². The number of sulfone groups is 1. The van der Waals surface area contributed by atoms with Crippen LogP contribution in [0.5, 0.6) is 0 Å². The molecule has 0 saturated carbocycles. The lowest BCUT2D eigenvalue weighted by Gasteiger charge is -2.09. The number of amides is 1. The van der Waals surface area contributed by atoms with Crippen molar-refractivity contribution in [1.29, 1.82) is 0 Å². The molecule has 1 aliphatic rings. The molecule has 0 radical (unpaired) electrons. The molecule has 0 aliphatic carbocycles. The fraction of sp³-hybridized carbons (Fsp3) is 0.385. The molecule has 0 spiro atoms. The minimum atomic E-state index is -2.99. The minimum absolute atomic E-state index is 0.0241. The Labute approximate surface area is 137 Å². The largest absolute Gasteiger partial charge is 0.352 e. The van der Waals surface area contributed by atoms with E-state index in [0.717, 1.165) is 5.56 Å². The first-order valence-corrected chi connectivity index (χ1v) is 9.78. The van der Waals surface area contributed by atoms with Gasteiger partial charge in [-0.05, 0) is 18.6 Å². The van der Waals surface area contributed by atoms with Crippen molar-refractivity contribution in [2.75, 3.05) is 17.3 Å². The first kappa shape index (κ1) is 15.9. The summed E-state index contributed by atoms with van der Waals surface area (Å²) >= 11 is 1.20. The fourth-order valence-electron chi connectivity index (χ4n) is 2.26. The van der Waals surface area contributed by atoms with Crippen LogP contribution in [0.4, 0.5) is 0 Å². The highest BCUT2D eigenvalue weighted by atomic mass is 32.2. The molecule has 23 heavy (non-hydrogen) atoms. The van der Waals surface area contributed by atoms with Crippen molar-refractivity contribution in [3.8, 4) is 11.4 Å². The van der Waals surface area contributed by atoms with Crippen LogP contribution in [-0.2, 0) is 14.6 Å². The van der Waals surface area contributed by atoms with Crippen molar-refractivity contribution in [2.24, 2.45) is 0 Å². The Morgan fingerprint density at radius 2 is 2.17 bits per heavy atom. The monoisotopic (exact) mass is 353 g/mol. The molecule has 122 valence electrons. The molecule has 10 heteroatoms. The lowest BCUT2D eigenvalue weighted by Crippen LogP contribution is -2.36. The first-order chi connectivity index (χ1) is 11.0. The number of pyridine rings is 1. The fourth-order valence-corrected chi connectivity index (χ4v) is 4.54. The van der Waals surface area contributed by atoms with Gasteiger partial charge < -0.3 is 5.32 Å². The van der Waals surface area contributed by atoms with Crippen LogP contribution in [0, 0.1) is 0 Å². The molecule has 3 heterocycles. The van der Waals surface area contributed by atoms with Crippen molar-refractivity contribution in [3.05, 3.63) is 24.5 Å². The number of rotatable bonds is 5. The Morgan fingerprint density at radius 3 is 2.87 bits per heavy atom. The van der Waals surface area contributed by atoms with E-state index in [9.17, 15) is 13.2 Å². The summed E-state index contributed by atoms with van der Waals surface area (Å²) in [5.41, 5.74) is 0.861. The average Bonchev–Trinajstić information content (AvgIpc) is 3.13. The number of hydrogen-bond donors (Lipinski definition) is 2. The quantitative estimate of drug-likeness (QED) is 0.740. The predicted octanol–water partition coefficient (Wildman–Crippen LogP) is 0.262. The maximum Gasteiger partial charge on any atom is 0.230 e. The zero-order chi connectivity index (χ0) is 16.3. The van der Waals surface area contributed by atoms with Crippen LogP contribution in [0.2, 0.25) is 0 Å². The van der Waals surface area contributed by atoms with Gasteiger partial charge in [-0.1, -0.05) is 11.8 Å². The van der Waals surface area contributed by atoms with Gasteiger partial charge in [-0.25, -0.2) is 13.4 Å². The van der Waals surface area contributed by atoms with Gasteiger partial charge in [0.15, 0.2) is 15.7 Å². The van der Waals surface area contributed by atoms with E-state index in [4.69, 9.17) is 0 Å². The summed E-state index contributed by atoms with van der Waals surface area (Å²) in [5.74, 6) is 0.700. The molecule has 1 atom stereocenters. The molecule has 2 aromatic heterocycles. The molecule has 3 rings (SSSR count). The molecule has 0 unspecified atom stereocenters. The van der Waals surface area contributed by atoms with Crippen molar-refractivity contribution in [2.45, 2.75) is 17.6 Å². The molecular weight excluding hydrogens is 338 g/mol. The van der Waals surface area contributed by atoms with Crippen LogP contribution < -0.4 is 5.32 Å². The molecular formula is C13H15N5O3S2. The highest BCUT2D eigenvalue weighted by molar-refractivity contribution is 7.99. The highest BCUT2D eigenvalue weighted by Gasteiger charge is 2.28. The van der Waals surface area contributed by atoms with E-state index in [1.807, 2.05) is 12.1 Å². The van der Waals surface area contributed by atoms with Crippen LogP contribution >= 0.6 is 11.8 Å². The number of carbonyl (C=O) groups is 1. The van der Waals surface area contributed by atoms with Gasteiger partial charge in [0, 0.05) is 24.0 Å². The maximum absolute atomic E-state index is 11.9. The third-order valence-corrected chi connectivity index (χ3v) is 5.96. The Kier molecular flexibility index (Phi) is 4.62. The summed E-state index contributed by atoms with van der Waals surface area (Å²) in [6.45, 7) is 0.